The molecule has 0 spiro atoms. The van der Waals surface area contributed by atoms with Gasteiger partial charge in [0.15, 0.2) is 0 Å². The lowest BCUT2D eigenvalue weighted by Crippen LogP contribution is -2.39. The Kier molecular flexibility index (Phi) is 7.04. The summed E-state index contributed by atoms with van der Waals surface area (Å²) >= 11 is 0. The molecule has 0 radical (unpaired) electrons. The Labute approximate surface area is 138 Å². The maximum Gasteiger partial charge on any atom is 0.232 e. The Morgan fingerprint density at radius 1 is 1.26 bits per heavy atom. The van der Waals surface area contributed by atoms with Crippen molar-refractivity contribution >= 4 is 21.6 Å². The summed E-state index contributed by atoms with van der Waals surface area (Å²) in [5, 5.41) is 11.6. The Bertz CT molecular complexity index is 659. The lowest BCUT2D eigenvalue weighted by Gasteiger charge is -2.23. The topological polar surface area (TPSA) is 90.3 Å². The number of carbonyl (C=O) groups is 1. The molecule has 6 nitrogen and oxygen atoms in total. The first kappa shape index (κ1) is 19.0. The van der Waals surface area contributed by atoms with E-state index in [1.54, 1.807) is 24.3 Å². The van der Waals surface area contributed by atoms with Gasteiger partial charge in [-0.3, -0.25) is 9.10 Å². The number of anilines is 1. The third-order valence-electron chi connectivity index (χ3n) is 3.66. The molecular weight excluding hydrogens is 314 g/mol. The third-order valence-corrected chi connectivity index (χ3v) is 4.85. The number of hydrogen-bond acceptors (Lipinski definition) is 4. The van der Waals surface area contributed by atoms with Crippen molar-refractivity contribution in [1.29, 1.82) is 5.26 Å². The van der Waals surface area contributed by atoms with E-state index in [1.807, 2.05) is 19.9 Å². The van der Waals surface area contributed by atoms with E-state index in [1.165, 1.54) is 4.31 Å². The zero-order valence-electron chi connectivity index (χ0n) is 13.7. The number of sulfonamides is 1. The van der Waals surface area contributed by atoms with Crippen molar-refractivity contribution in [2.75, 3.05) is 23.7 Å². The van der Waals surface area contributed by atoms with Crippen molar-refractivity contribution in [2.45, 2.75) is 26.7 Å². The normalized spacial score (nSPS) is 11.1. The molecule has 0 heterocycles. The zero-order chi connectivity index (χ0) is 17.5. The standard InChI is InChI=1S/C16H23N3O3S/c1-4-14(5-2)16(20)18-10-11-19(23(3,21)22)15-8-6-13(12-17)7-9-15/h6-9,14H,4-5,10-11H2,1-3H3,(H,18,20). The van der Waals surface area contributed by atoms with Crippen LogP contribution in [0.1, 0.15) is 32.3 Å². The van der Waals surface area contributed by atoms with Crippen LogP contribution in [0.4, 0.5) is 5.69 Å². The summed E-state index contributed by atoms with van der Waals surface area (Å²) in [5.41, 5.74) is 0.938. The number of benzene rings is 1. The predicted molar refractivity (Wildman–Crippen MR) is 90.4 cm³/mol. The van der Waals surface area contributed by atoms with Crippen molar-refractivity contribution in [3.8, 4) is 6.07 Å². The van der Waals surface area contributed by atoms with Gasteiger partial charge in [-0.1, -0.05) is 13.8 Å². The highest BCUT2D eigenvalue weighted by molar-refractivity contribution is 7.92. The predicted octanol–water partition coefficient (Wildman–Crippen LogP) is 1.88. The molecule has 1 N–H and O–H groups in total. The monoisotopic (exact) mass is 337 g/mol. The first-order valence-corrected chi connectivity index (χ1v) is 9.43. The van der Waals surface area contributed by atoms with E-state index in [0.29, 0.717) is 11.3 Å². The van der Waals surface area contributed by atoms with E-state index in [2.05, 4.69) is 5.32 Å². The highest BCUT2D eigenvalue weighted by Crippen LogP contribution is 2.17. The molecule has 0 aromatic heterocycles. The summed E-state index contributed by atoms with van der Waals surface area (Å²) in [4.78, 5) is 11.9. The zero-order valence-corrected chi connectivity index (χ0v) is 14.6. The Hall–Kier alpha value is -2.07. The van der Waals surface area contributed by atoms with Gasteiger partial charge in [0.1, 0.15) is 0 Å². The van der Waals surface area contributed by atoms with Gasteiger partial charge in [-0.05, 0) is 37.1 Å². The summed E-state index contributed by atoms with van der Waals surface area (Å²) in [6, 6.07) is 8.29. The van der Waals surface area contributed by atoms with Crippen molar-refractivity contribution in [3.63, 3.8) is 0 Å². The number of nitrogens with one attached hydrogen (secondary N) is 1. The third kappa shape index (κ3) is 5.57. The quantitative estimate of drug-likeness (QED) is 0.784. The van der Waals surface area contributed by atoms with Crippen molar-refractivity contribution in [3.05, 3.63) is 29.8 Å². The number of rotatable bonds is 8. The van der Waals surface area contributed by atoms with E-state index >= 15 is 0 Å². The molecule has 0 atom stereocenters. The fourth-order valence-corrected chi connectivity index (χ4v) is 3.20. The van der Waals surface area contributed by atoms with Crippen LogP contribution in [0.2, 0.25) is 0 Å². The van der Waals surface area contributed by atoms with Gasteiger partial charge in [0.25, 0.3) is 0 Å². The lowest BCUT2D eigenvalue weighted by molar-refractivity contribution is -0.125. The number of amides is 1. The van der Waals surface area contributed by atoms with E-state index in [9.17, 15) is 13.2 Å². The van der Waals surface area contributed by atoms with E-state index < -0.39 is 10.0 Å². The summed E-state index contributed by atoms with van der Waals surface area (Å²) in [7, 11) is -3.47. The molecule has 0 aliphatic carbocycles. The molecule has 1 aromatic rings. The minimum absolute atomic E-state index is 0.0448. The smallest absolute Gasteiger partial charge is 0.232 e. The Morgan fingerprint density at radius 2 is 1.83 bits per heavy atom. The Balaban J connectivity index is 2.77. The minimum atomic E-state index is -3.47. The molecule has 0 unspecified atom stereocenters. The fourth-order valence-electron chi connectivity index (χ4n) is 2.27. The highest BCUT2D eigenvalue weighted by Gasteiger charge is 2.18. The summed E-state index contributed by atoms with van der Waals surface area (Å²) in [5.74, 6) is -0.0973. The van der Waals surface area contributed by atoms with Crippen molar-refractivity contribution in [2.24, 2.45) is 5.92 Å². The van der Waals surface area contributed by atoms with Gasteiger partial charge in [0, 0.05) is 12.5 Å². The van der Waals surface area contributed by atoms with Crippen LogP contribution in [0.3, 0.4) is 0 Å². The van der Waals surface area contributed by atoms with Crippen LogP contribution in [0.5, 0.6) is 0 Å². The van der Waals surface area contributed by atoms with Crippen LogP contribution in [-0.2, 0) is 14.8 Å². The van der Waals surface area contributed by atoms with Crippen LogP contribution in [0, 0.1) is 17.2 Å². The van der Waals surface area contributed by atoms with Gasteiger partial charge in [0.2, 0.25) is 15.9 Å². The van der Waals surface area contributed by atoms with Crippen LogP contribution in [0.15, 0.2) is 24.3 Å². The second-order valence-electron chi connectivity index (χ2n) is 5.30. The lowest BCUT2D eigenvalue weighted by atomic mass is 10.0. The number of hydrogen-bond donors (Lipinski definition) is 1. The Morgan fingerprint density at radius 3 is 2.26 bits per heavy atom. The average Bonchev–Trinajstić information content (AvgIpc) is 2.52. The van der Waals surface area contributed by atoms with E-state index in [0.717, 1.165) is 19.1 Å². The molecule has 0 fully saturated rings. The van der Waals surface area contributed by atoms with Crippen molar-refractivity contribution < 1.29 is 13.2 Å². The van der Waals surface area contributed by atoms with E-state index in [4.69, 9.17) is 5.26 Å². The molecular formula is C16H23N3O3S. The summed E-state index contributed by atoms with van der Waals surface area (Å²) in [6.45, 7) is 4.29. The summed E-state index contributed by atoms with van der Waals surface area (Å²) in [6.07, 6.45) is 2.63. The molecule has 1 aromatic carbocycles. The van der Waals surface area contributed by atoms with Gasteiger partial charge in [-0.15, -0.1) is 0 Å². The van der Waals surface area contributed by atoms with Gasteiger partial charge >= 0.3 is 0 Å². The molecule has 0 bridgehead atoms. The second-order valence-corrected chi connectivity index (χ2v) is 7.21. The molecule has 0 aliphatic rings. The number of nitriles is 1. The average molecular weight is 337 g/mol. The van der Waals surface area contributed by atoms with Gasteiger partial charge in [-0.2, -0.15) is 5.26 Å². The molecule has 1 amide bonds. The first-order valence-electron chi connectivity index (χ1n) is 7.59. The molecule has 7 heteroatoms. The molecule has 126 valence electrons. The number of carbonyl (C=O) groups excluding carboxylic acids is 1. The van der Waals surface area contributed by atoms with Crippen molar-refractivity contribution in [1.82, 2.24) is 5.32 Å². The maximum atomic E-state index is 12.0. The molecule has 0 saturated carbocycles. The molecule has 1 rings (SSSR count). The highest BCUT2D eigenvalue weighted by atomic mass is 32.2. The molecule has 23 heavy (non-hydrogen) atoms. The van der Waals surface area contributed by atoms with Gasteiger partial charge < -0.3 is 5.32 Å². The maximum absolute atomic E-state index is 12.0. The largest absolute Gasteiger partial charge is 0.354 e. The second kappa shape index (κ2) is 8.53. The van der Waals surface area contributed by atoms with Crippen LogP contribution in [-0.4, -0.2) is 33.7 Å². The van der Waals surface area contributed by atoms with Gasteiger partial charge in [-0.25, -0.2) is 8.42 Å². The van der Waals surface area contributed by atoms with Crippen LogP contribution < -0.4 is 9.62 Å². The molecule has 0 aliphatic heterocycles. The fraction of sp³-hybridized carbons (Fsp3) is 0.500. The number of nitrogens with zero attached hydrogens (tertiary/aromatic N) is 2. The summed E-state index contributed by atoms with van der Waals surface area (Å²) < 4.78 is 25.1. The van der Waals surface area contributed by atoms with Gasteiger partial charge in [0.05, 0.1) is 30.1 Å². The van der Waals surface area contributed by atoms with Crippen LogP contribution in [0.25, 0.3) is 0 Å². The van der Waals surface area contributed by atoms with Crippen LogP contribution >= 0.6 is 0 Å². The van der Waals surface area contributed by atoms with E-state index in [-0.39, 0.29) is 24.9 Å². The molecule has 0 saturated heterocycles. The minimum Gasteiger partial charge on any atom is -0.354 e. The SMILES string of the molecule is CCC(CC)C(=O)NCCN(c1ccc(C#N)cc1)S(C)(=O)=O. The first-order chi connectivity index (χ1) is 10.8.